The van der Waals surface area contributed by atoms with Crippen molar-refractivity contribution in [1.29, 1.82) is 0 Å². The van der Waals surface area contributed by atoms with Crippen LogP contribution in [0.3, 0.4) is 0 Å². The van der Waals surface area contributed by atoms with Crippen molar-refractivity contribution < 1.29 is 31.9 Å². The maximum atomic E-state index is 12.5. The summed E-state index contributed by atoms with van der Waals surface area (Å²) < 4.78 is 42.8. The Hall–Kier alpha value is -3.83. The van der Waals surface area contributed by atoms with Crippen molar-refractivity contribution in [3.05, 3.63) is 77.7 Å². The Morgan fingerprint density at radius 3 is 2.35 bits per heavy atom. The molecule has 160 valence electrons. The summed E-state index contributed by atoms with van der Waals surface area (Å²) in [5, 5.41) is 0. The van der Waals surface area contributed by atoms with Gasteiger partial charge < -0.3 is 13.9 Å². The normalized spacial score (nSPS) is 12.4. The molecule has 1 aliphatic rings. The molecule has 0 atom stereocenters. The van der Waals surface area contributed by atoms with Crippen molar-refractivity contribution in [2.75, 3.05) is 6.79 Å². The summed E-state index contributed by atoms with van der Waals surface area (Å²) in [5.41, 5.74) is 4.84. The number of carbonyl (C=O) groups excluding carboxylic acids is 2. The summed E-state index contributed by atoms with van der Waals surface area (Å²) in [6, 6.07) is 13.3. The predicted molar refractivity (Wildman–Crippen MR) is 107 cm³/mol. The van der Waals surface area contributed by atoms with Gasteiger partial charge in [0.05, 0.1) is 17.7 Å². The molecule has 0 fully saturated rings. The number of ether oxygens (including phenoxy) is 2. The van der Waals surface area contributed by atoms with Gasteiger partial charge in [-0.25, -0.2) is 13.1 Å². The van der Waals surface area contributed by atoms with Crippen LogP contribution in [-0.2, 0) is 16.6 Å². The molecule has 2 aromatic carbocycles. The molecule has 2 heterocycles. The Morgan fingerprint density at radius 1 is 0.871 bits per heavy atom. The molecule has 10 nitrogen and oxygen atoms in total. The van der Waals surface area contributed by atoms with Gasteiger partial charge in [-0.2, -0.15) is 0 Å². The number of benzene rings is 2. The lowest BCUT2D eigenvalue weighted by Gasteiger charge is -2.10. The number of amides is 2. The number of nitrogens with one attached hydrogen (secondary N) is 3. The Labute approximate surface area is 177 Å². The van der Waals surface area contributed by atoms with Gasteiger partial charge in [0.15, 0.2) is 11.5 Å². The Balaban J connectivity index is 1.39. The van der Waals surface area contributed by atoms with E-state index in [2.05, 4.69) is 15.6 Å². The van der Waals surface area contributed by atoms with Crippen LogP contribution in [0.25, 0.3) is 0 Å². The van der Waals surface area contributed by atoms with E-state index in [4.69, 9.17) is 13.9 Å². The fourth-order valence-corrected chi connectivity index (χ4v) is 3.80. The predicted octanol–water partition coefficient (Wildman–Crippen LogP) is 1.56. The highest BCUT2D eigenvalue weighted by Crippen LogP contribution is 2.32. The average molecular weight is 443 g/mol. The van der Waals surface area contributed by atoms with Crippen molar-refractivity contribution in [2.24, 2.45) is 0 Å². The lowest BCUT2D eigenvalue weighted by atomic mass is 10.2. The van der Waals surface area contributed by atoms with Crippen molar-refractivity contribution >= 4 is 21.8 Å². The topological polar surface area (TPSA) is 136 Å². The van der Waals surface area contributed by atoms with Gasteiger partial charge in [-0.1, -0.05) is 6.07 Å². The molecule has 2 amide bonds. The van der Waals surface area contributed by atoms with Gasteiger partial charge in [0.2, 0.25) is 16.8 Å². The average Bonchev–Trinajstić information content (AvgIpc) is 3.47. The Morgan fingerprint density at radius 2 is 1.61 bits per heavy atom. The molecule has 0 unspecified atom stereocenters. The van der Waals surface area contributed by atoms with Crippen molar-refractivity contribution in [3.63, 3.8) is 0 Å². The standard InChI is InChI=1S/C20H17N3O7S/c24-19(22-23-20(25)14-6-7-17-18(10-14)30-12-29-17)13-3-1-5-16(9-13)31(26,27)21-11-15-4-2-8-28-15/h1-10,21H,11-12H2,(H,22,24)(H,23,25). The van der Waals surface area contributed by atoms with E-state index in [-0.39, 0.29) is 29.4 Å². The second-order valence-electron chi connectivity index (χ2n) is 6.41. The van der Waals surface area contributed by atoms with Crippen LogP contribution in [0.1, 0.15) is 26.5 Å². The molecule has 1 aromatic heterocycles. The minimum absolute atomic E-state index is 0.0304. The smallest absolute Gasteiger partial charge is 0.269 e. The molecule has 0 bridgehead atoms. The molecule has 11 heteroatoms. The van der Waals surface area contributed by atoms with E-state index in [1.54, 1.807) is 18.2 Å². The Bertz CT molecular complexity index is 1220. The number of hydrogen-bond acceptors (Lipinski definition) is 7. The van der Waals surface area contributed by atoms with E-state index in [1.165, 1.54) is 42.7 Å². The maximum absolute atomic E-state index is 12.5. The fourth-order valence-electron chi connectivity index (χ4n) is 2.76. The quantitative estimate of drug-likeness (QED) is 0.492. The van der Waals surface area contributed by atoms with Crippen LogP contribution < -0.4 is 25.0 Å². The maximum Gasteiger partial charge on any atom is 0.269 e. The number of carbonyl (C=O) groups is 2. The molecule has 3 N–H and O–H groups in total. The van der Waals surface area contributed by atoms with Crippen molar-refractivity contribution in [2.45, 2.75) is 11.4 Å². The molecular weight excluding hydrogens is 426 g/mol. The molecule has 0 saturated carbocycles. The van der Waals surface area contributed by atoms with E-state index in [0.717, 1.165) is 0 Å². The first-order chi connectivity index (χ1) is 14.9. The first-order valence-electron chi connectivity index (χ1n) is 9.05. The third-order valence-electron chi connectivity index (χ3n) is 4.35. The van der Waals surface area contributed by atoms with Gasteiger partial charge in [-0.15, -0.1) is 0 Å². The molecule has 3 aromatic rings. The minimum atomic E-state index is -3.88. The summed E-state index contributed by atoms with van der Waals surface area (Å²) in [7, 11) is -3.88. The molecule has 0 spiro atoms. The van der Waals surface area contributed by atoms with Gasteiger partial charge in [-0.3, -0.25) is 20.4 Å². The summed E-state index contributed by atoms with van der Waals surface area (Å²) in [6.45, 7) is 0.0457. The molecule has 31 heavy (non-hydrogen) atoms. The van der Waals surface area contributed by atoms with Crippen LogP contribution in [0.2, 0.25) is 0 Å². The summed E-state index contributed by atoms with van der Waals surface area (Å²) >= 11 is 0. The van der Waals surface area contributed by atoms with Gasteiger partial charge in [0.25, 0.3) is 11.8 Å². The van der Waals surface area contributed by atoms with Gasteiger partial charge >= 0.3 is 0 Å². The molecule has 0 radical (unpaired) electrons. The van der Waals surface area contributed by atoms with E-state index in [9.17, 15) is 18.0 Å². The van der Waals surface area contributed by atoms with Crippen molar-refractivity contribution in [1.82, 2.24) is 15.6 Å². The number of fused-ring (bicyclic) bond motifs is 1. The fraction of sp³-hybridized carbons (Fsp3) is 0.100. The lowest BCUT2D eigenvalue weighted by Crippen LogP contribution is -2.41. The minimum Gasteiger partial charge on any atom is -0.468 e. The van der Waals surface area contributed by atoms with Crippen LogP contribution in [0.15, 0.2) is 70.2 Å². The van der Waals surface area contributed by atoms with Crippen LogP contribution in [0, 0.1) is 0 Å². The Kier molecular flexibility index (Phi) is 5.60. The zero-order valence-electron chi connectivity index (χ0n) is 16.0. The lowest BCUT2D eigenvalue weighted by molar-refractivity contribution is 0.0846. The summed E-state index contributed by atoms with van der Waals surface area (Å²) in [6.07, 6.45) is 1.44. The first-order valence-corrected chi connectivity index (χ1v) is 10.5. The van der Waals surface area contributed by atoms with Crippen molar-refractivity contribution in [3.8, 4) is 11.5 Å². The molecule has 0 saturated heterocycles. The zero-order chi connectivity index (χ0) is 21.8. The number of sulfonamides is 1. The summed E-state index contributed by atoms with van der Waals surface area (Å²) in [5.74, 6) is 0.148. The molecular formula is C20H17N3O7S. The van der Waals surface area contributed by atoms with Crippen LogP contribution in [0.5, 0.6) is 11.5 Å². The molecule has 4 rings (SSSR count). The zero-order valence-corrected chi connectivity index (χ0v) is 16.8. The van der Waals surface area contributed by atoms with Gasteiger partial charge in [-0.05, 0) is 48.5 Å². The number of hydrazine groups is 1. The highest BCUT2D eigenvalue weighted by molar-refractivity contribution is 7.89. The first kappa shape index (κ1) is 20.4. The third kappa shape index (κ3) is 4.68. The van der Waals surface area contributed by atoms with E-state index in [0.29, 0.717) is 17.3 Å². The number of hydrogen-bond donors (Lipinski definition) is 3. The number of rotatable bonds is 6. The second kappa shape index (κ2) is 8.50. The van der Waals surface area contributed by atoms with E-state index in [1.807, 2.05) is 0 Å². The summed E-state index contributed by atoms with van der Waals surface area (Å²) in [4.78, 5) is 24.6. The SMILES string of the molecule is O=C(NNC(=O)c1ccc2c(c1)OCO2)c1cccc(S(=O)(=O)NCc2ccco2)c1. The van der Waals surface area contributed by atoms with Crippen LogP contribution in [-0.4, -0.2) is 27.0 Å². The van der Waals surface area contributed by atoms with Crippen LogP contribution in [0.4, 0.5) is 0 Å². The second-order valence-corrected chi connectivity index (χ2v) is 8.17. The number of furan rings is 1. The highest BCUT2D eigenvalue weighted by Gasteiger charge is 2.19. The highest BCUT2D eigenvalue weighted by atomic mass is 32.2. The van der Waals surface area contributed by atoms with Crippen LogP contribution >= 0.6 is 0 Å². The third-order valence-corrected chi connectivity index (χ3v) is 5.75. The van der Waals surface area contributed by atoms with Gasteiger partial charge in [0.1, 0.15) is 5.76 Å². The van der Waals surface area contributed by atoms with E-state index >= 15 is 0 Å². The van der Waals surface area contributed by atoms with E-state index < -0.39 is 21.8 Å². The molecule has 1 aliphatic heterocycles. The largest absolute Gasteiger partial charge is 0.468 e. The van der Waals surface area contributed by atoms with Gasteiger partial charge in [0, 0.05) is 11.1 Å². The monoisotopic (exact) mass is 443 g/mol. The molecule has 0 aliphatic carbocycles.